The first kappa shape index (κ1) is 18.4. The molecule has 0 aliphatic carbocycles. The molecule has 0 radical (unpaired) electrons. The van der Waals surface area contributed by atoms with E-state index in [1.54, 1.807) is 12.1 Å². The molecule has 1 fully saturated rings. The van der Waals surface area contributed by atoms with Crippen molar-refractivity contribution < 1.29 is 13.5 Å². The number of aliphatic hydroxyl groups is 1. The molecule has 5 heteroatoms. The molecule has 1 aliphatic heterocycles. The summed E-state index contributed by atoms with van der Waals surface area (Å²) in [7, 11) is -3.18. The third-order valence-corrected chi connectivity index (χ3v) is 7.09. The quantitative estimate of drug-likeness (QED) is 0.830. The average molecular weight is 340 g/mol. The van der Waals surface area contributed by atoms with E-state index in [0.717, 1.165) is 44.5 Å². The van der Waals surface area contributed by atoms with Crippen LogP contribution in [0.15, 0.2) is 29.2 Å². The van der Waals surface area contributed by atoms with Crippen LogP contribution in [-0.4, -0.2) is 50.4 Å². The standard InChI is InChI=1S/C18H29NO3S/c1-3-18(15-20)9-12-19(13-10-18)11-4-14-23(21,22)17-7-5-16(2)6-8-17/h5-8,20H,3-4,9-15H2,1-2H3. The third-order valence-electron chi connectivity index (χ3n) is 5.27. The van der Waals surface area contributed by atoms with Gasteiger partial charge in [-0.25, -0.2) is 8.42 Å². The molecule has 1 aromatic carbocycles. The molecule has 0 amide bonds. The van der Waals surface area contributed by atoms with Crippen molar-refractivity contribution in [2.75, 3.05) is 32.0 Å². The van der Waals surface area contributed by atoms with Gasteiger partial charge >= 0.3 is 0 Å². The van der Waals surface area contributed by atoms with Gasteiger partial charge in [0.2, 0.25) is 0 Å². The highest BCUT2D eigenvalue weighted by molar-refractivity contribution is 7.91. The second-order valence-electron chi connectivity index (χ2n) is 6.84. The lowest BCUT2D eigenvalue weighted by Gasteiger charge is -2.40. The monoisotopic (exact) mass is 339 g/mol. The minimum atomic E-state index is -3.18. The van der Waals surface area contributed by atoms with Crippen LogP contribution in [0.2, 0.25) is 0 Å². The number of piperidine rings is 1. The van der Waals surface area contributed by atoms with Gasteiger partial charge in [-0.1, -0.05) is 24.6 Å². The van der Waals surface area contributed by atoms with Crippen molar-refractivity contribution in [3.63, 3.8) is 0 Å². The van der Waals surface area contributed by atoms with Gasteiger partial charge in [-0.2, -0.15) is 0 Å². The molecular weight excluding hydrogens is 310 g/mol. The highest BCUT2D eigenvalue weighted by Gasteiger charge is 2.32. The van der Waals surface area contributed by atoms with Crippen LogP contribution in [0.1, 0.15) is 38.2 Å². The summed E-state index contributed by atoms with van der Waals surface area (Å²) in [6, 6.07) is 7.08. The number of hydrogen-bond acceptors (Lipinski definition) is 4. The van der Waals surface area contributed by atoms with Crippen molar-refractivity contribution in [1.29, 1.82) is 0 Å². The van der Waals surface area contributed by atoms with Crippen molar-refractivity contribution in [3.8, 4) is 0 Å². The molecule has 1 saturated heterocycles. The molecule has 1 N–H and O–H groups in total. The Morgan fingerprint density at radius 2 is 1.78 bits per heavy atom. The minimum Gasteiger partial charge on any atom is -0.396 e. The Morgan fingerprint density at radius 3 is 2.30 bits per heavy atom. The van der Waals surface area contributed by atoms with Crippen LogP contribution in [0.3, 0.4) is 0 Å². The molecule has 2 rings (SSSR count). The molecule has 1 aromatic rings. The smallest absolute Gasteiger partial charge is 0.178 e. The number of aryl methyl sites for hydroxylation is 1. The molecule has 0 atom stereocenters. The zero-order valence-corrected chi connectivity index (χ0v) is 15.1. The van der Waals surface area contributed by atoms with E-state index in [-0.39, 0.29) is 17.8 Å². The Labute approximate surface area is 140 Å². The minimum absolute atomic E-state index is 0.0878. The summed E-state index contributed by atoms with van der Waals surface area (Å²) >= 11 is 0. The molecule has 0 bridgehead atoms. The first-order valence-electron chi connectivity index (χ1n) is 8.53. The number of benzene rings is 1. The fourth-order valence-electron chi connectivity index (χ4n) is 3.22. The van der Waals surface area contributed by atoms with E-state index in [9.17, 15) is 13.5 Å². The van der Waals surface area contributed by atoms with Crippen molar-refractivity contribution >= 4 is 9.84 Å². The fraction of sp³-hybridized carbons (Fsp3) is 0.667. The fourth-order valence-corrected chi connectivity index (χ4v) is 4.51. The highest BCUT2D eigenvalue weighted by atomic mass is 32.2. The Hall–Kier alpha value is -0.910. The molecule has 130 valence electrons. The van der Waals surface area contributed by atoms with E-state index in [1.807, 2.05) is 19.1 Å². The summed E-state index contributed by atoms with van der Waals surface area (Å²) in [5.74, 6) is 0.200. The predicted octanol–water partition coefficient (Wildman–Crippen LogP) is 2.64. The number of likely N-dealkylation sites (tertiary alicyclic amines) is 1. The number of hydrogen-bond donors (Lipinski definition) is 1. The van der Waals surface area contributed by atoms with Gasteiger partial charge in [-0.3, -0.25) is 0 Å². The molecule has 23 heavy (non-hydrogen) atoms. The number of aliphatic hydroxyl groups excluding tert-OH is 1. The molecule has 1 heterocycles. The Bertz CT molecular complexity index is 581. The third kappa shape index (κ3) is 4.78. The molecule has 1 aliphatic rings. The van der Waals surface area contributed by atoms with Crippen molar-refractivity contribution in [1.82, 2.24) is 4.90 Å². The molecule has 4 nitrogen and oxygen atoms in total. The lowest BCUT2D eigenvalue weighted by Crippen LogP contribution is -2.42. The maximum atomic E-state index is 12.3. The van der Waals surface area contributed by atoms with Gasteiger partial charge in [0.05, 0.1) is 10.6 Å². The lowest BCUT2D eigenvalue weighted by molar-refractivity contribution is 0.0411. The molecule has 0 saturated carbocycles. The SMILES string of the molecule is CCC1(CO)CCN(CCCS(=O)(=O)c2ccc(C)cc2)CC1. The van der Waals surface area contributed by atoms with Crippen LogP contribution in [-0.2, 0) is 9.84 Å². The van der Waals surface area contributed by atoms with Crippen LogP contribution in [0.5, 0.6) is 0 Å². The summed E-state index contributed by atoms with van der Waals surface area (Å²) in [6.45, 7) is 7.09. The van der Waals surface area contributed by atoms with Crippen molar-refractivity contribution in [2.24, 2.45) is 5.41 Å². The normalized spacial score (nSPS) is 18.9. The number of rotatable bonds is 7. The van der Waals surface area contributed by atoms with Crippen LogP contribution in [0.25, 0.3) is 0 Å². The summed E-state index contributed by atoms with van der Waals surface area (Å²) in [5, 5.41) is 9.56. The Morgan fingerprint density at radius 1 is 1.17 bits per heavy atom. The van der Waals surface area contributed by atoms with Gasteiger partial charge in [0.15, 0.2) is 9.84 Å². The van der Waals surface area contributed by atoms with Crippen LogP contribution < -0.4 is 0 Å². The van der Waals surface area contributed by atoms with Crippen LogP contribution in [0, 0.1) is 12.3 Å². The van der Waals surface area contributed by atoms with Gasteiger partial charge in [-0.05, 0) is 69.8 Å². The molecule has 0 unspecified atom stereocenters. The number of nitrogens with zero attached hydrogens (tertiary/aromatic N) is 1. The first-order chi connectivity index (χ1) is 10.9. The average Bonchev–Trinajstić information content (AvgIpc) is 2.56. The van der Waals surface area contributed by atoms with E-state index in [1.165, 1.54) is 0 Å². The Balaban J connectivity index is 1.80. The molecular formula is C18H29NO3S. The maximum Gasteiger partial charge on any atom is 0.178 e. The Kier molecular flexibility index (Phi) is 6.23. The summed E-state index contributed by atoms with van der Waals surface area (Å²) in [6.07, 6.45) is 3.68. The summed E-state index contributed by atoms with van der Waals surface area (Å²) in [5.41, 5.74) is 1.16. The molecule has 0 aromatic heterocycles. The highest BCUT2D eigenvalue weighted by Crippen LogP contribution is 2.34. The zero-order chi connectivity index (χ0) is 16.9. The van der Waals surface area contributed by atoms with Gasteiger partial charge in [0.25, 0.3) is 0 Å². The summed E-state index contributed by atoms with van der Waals surface area (Å²) in [4.78, 5) is 2.75. The van der Waals surface area contributed by atoms with Crippen LogP contribution >= 0.6 is 0 Å². The second kappa shape index (κ2) is 7.77. The largest absolute Gasteiger partial charge is 0.396 e. The lowest BCUT2D eigenvalue weighted by atomic mass is 9.77. The first-order valence-corrected chi connectivity index (χ1v) is 10.2. The van der Waals surface area contributed by atoms with Gasteiger partial charge in [0.1, 0.15) is 0 Å². The summed E-state index contributed by atoms with van der Waals surface area (Å²) < 4.78 is 24.7. The van der Waals surface area contributed by atoms with E-state index < -0.39 is 9.84 Å². The predicted molar refractivity (Wildman–Crippen MR) is 93.3 cm³/mol. The van der Waals surface area contributed by atoms with Crippen molar-refractivity contribution in [3.05, 3.63) is 29.8 Å². The topological polar surface area (TPSA) is 57.6 Å². The van der Waals surface area contributed by atoms with E-state index in [0.29, 0.717) is 11.3 Å². The van der Waals surface area contributed by atoms with Gasteiger partial charge < -0.3 is 10.0 Å². The van der Waals surface area contributed by atoms with E-state index in [2.05, 4.69) is 11.8 Å². The maximum absolute atomic E-state index is 12.3. The van der Waals surface area contributed by atoms with Gasteiger partial charge in [-0.15, -0.1) is 0 Å². The molecule has 0 spiro atoms. The zero-order valence-electron chi connectivity index (χ0n) is 14.3. The number of sulfone groups is 1. The van der Waals surface area contributed by atoms with E-state index in [4.69, 9.17) is 0 Å². The second-order valence-corrected chi connectivity index (χ2v) is 8.95. The van der Waals surface area contributed by atoms with E-state index >= 15 is 0 Å². The van der Waals surface area contributed by atoms with Crippen LogP contribution in [0.4, 0.5) is 0 Å². The van der Waals surface area contributed by atoms with Crippen molar-refractivity contribution in [2.45, 2.75) is 44.4 Å². The van der Waals surface area contributed by atoms with Gasteiger partial charge in [0, 0.05) is 6.61 Å².